The fourth-order valence-electron chi connectivity index (χ4n) is 1.87. The molecular weight excluding hydrogens is 252 g/mol. The average Bonchev–Trinajstić information content (AvgIpc) is 2.98. The van der Waals surface area contributed by atoms with Gasteiger partial charge in [-0.15, -0.1) is 0 Å². The Labute approximate surface area is 115 Å². The quantitative estimate of drug-likeness (QED) is 0.737. The second-order valence-electron chi connectivity index (χ2n) is 4.25. The summed E-state index contributed by atoms with van der Waals surface area (Å²) < 4.78 is 5.11. The molecule has 0 spiro atoms. The van der Waals surface area contributed by atoms with Crippen LogP contribution in [0.15, 0.2) is 65.4 Å². The molecule has 3 rings (SSSR count). The first-order valence-corrected chi connectivity index (χ1v) is 6.19. The summed E-state index contributed by atoms with van der Waals surface area (Å²) in [5.41, 5.74) is 1.56. The number of amides is 1. The van der Waals surface area contributed by atoms with E-state index in [0.717, 1.165) is 10.9 Å². The first-order valence-electron chi connectivity index (χ1n) is 6.19. The van der Waals surface area contributed by atoms with Crippen molar-refractivity contribution >= 4 is 28.6 Å². The summed E-state index contributed by atoms with van der Waals surface area (Å²) in [7, 11) is 0. The Morgan fingerprint density at radius 3 is 2.95 bits per heavy atom. The number of nitrogens with zero attached hydrogens (tertiary/aromatic N) is 1. The SMILES string of the molecule is O=C(/C=C/c1ccco1)Nc1cnc2ccccc2c1. The number of anilines is 1. The number of hydrogen-bond acceptors (Lipinski definition) is 3. The largest absolute Gasteiger partial charge is 0.465 e. The van der Waals surface area contributed by atoms with E-state index >= 15 is 0 Å². The van der Waals surface area contributed by atoms with Crippen molar-refractivity contribution in [2.45, 2.75) is 0 Å². The third kappa shape index (κ3) is 2.75. The number of para-hydroxylation sites is 1. The van der Waals surface area contributed by atoms with Crippen LogP contribution in [-0.4, -0.2) is 10.9 Å². The van der Waals surface area contributed by atoms with Crippen LogP contribution in [-0.2, 0) is 4.79 Å². The van der Waals surface area contributed by atoms with Gasteiger partial charge in [-0.3, -0.25) is 9.78 Å². The Balaban J connectivity index is 1.74. The molecule has 2 heterocycles. The zero-order valence-electron chi connectivity index (χ0n) is 10.6. The molecule has 0 aliphatic rings. The topological polar surface area (TPSA) is 55.1 Å². The third-order valence-corrected chi connectivity index (χ3v) is 2.80. The average molecular weight is 264 g/mol. The van der Waals surface area contributed by atoms with Crippen molar-refractivity contribution in [3.63, 3.8) is 0 Å². The summed E-state index contributed by atoms with van der Waals surface area (Å²) in [6.07, 6.45) is 6.24. The van der Waals surface area contributed by atoms with Crippen LogP contribution >= 0.6 is 0 Å². The van der Waals surface area contributed by atoms with Gasteiger partial charge >= 0.3 is 0 Å². The Kier molecular flexibility index (Phi) is 3.29. The fraction of sp³-hybridized carbons (Fsp3) is 0. The van der Waals surface area contributed by atoms with Gasteiger partial charge in [0.1, 0.15) is 5.76 Å². The van der Waals surface area contributed by atoms with Crippen molar-refractivity contribution in [2.24, 2.45) is 0 Å². The zero-order valence-corrected chi connectivity index (χ0v) is 10.6. The second-order valence-corrected chi connectivity index (χ2v) is 4.25. The molecule has 1 amide bonds. The van der Waals surface area contributed by atoms with Gasteiger partial charge in [-0.1, -0.05) is 18.2 Å². The Bertz CT molecular complexity index is 761. The summed E-state index contributed by atoms with van der Waals surface area (Å²) in [4.78, 5) is 16.1. The lowest BCUT2D eigenvalue weighted by Crippen LogP contribution is -2.07. The molecule has 0 atom stereocenters. The molecule has 0 fully saturated rings. The Morgan fingerprint density at radius 1 is 1.20 bits per heavy atom. The van der Waals surface area contributed by atoms with Crippen LogP contribution in [0.2, 0.25) is 0 Å². The van der Waals surface area contributed by atoms with E-state index in [4.69, 9.17) is 4.42 Å². The lowest BCUT2D eigenvalue weighted by molar-refractivity contribution is -0.111. The van der Waals surface area contributed by atoms with Crippen LogP contribution in [0, 0.1) is 0 Å². The standard InChI is InChI=1S/C16H12N2O2/c19-16(8-7-14-5-3-9-20-14)18-13-10-12-4-1-2-6-15(12)17-11-13/h1-11H,(H,18,19)/b8-7+. The van der Waals surface area contributed by atoms with E-state index < -0.39 is 0 Å². The van der Waals surface area contributed by atoms with Gasteiger partial charge in [0.05, 0.1) is 23.7 Å². The van der Waals surface area contributed by atoms with Gasteiger partial charge in [-0.25, -0.2) is 0 Å². The fourth-order valence-corrected chi connectivity index (χ4v) is 1.87. The van der Waals surface area contributed by atoms with Gasteiger partial charge in [0, 0.05) is 11.5 Å². The van der Waals surface area contributed by atoms with Crippen LogP contribution in [0.25, 0.3) is 17.0 Å². The molecule has 3 aromatic rings. The minimum Gasteiger partial charge on any atom is -0.465 e. The second kappa shape index (κ2) is 5.40. The highest BCUT2D eigenvalue weighted by Crippen LogP contribution is 2.16. The van der Waals surface area contributed by atoms with Gasteiger partial charge < -0.3 is 9.73 Å². The van der Waals surface area contributed by atoms with Crippen molar-refractivity contribution in [1.29, 1.82) is 0 Å². The van der Waals surface area contributed by atoms with Crippen LogP contribution < -0.4 is 5.32 Å². The molecule has 0 saturated carbocycles. The molecule has 0 radical (unpaired) electrons. The van der Waals surface area contributed by atoms with E-state index in [1.54, 1.807) is 30.7 Å². The molecule has 0 aliphatic heterocycles. The summed E-state index contributed by atoms with van der Waals surface area (Å²) >= 11 is 0. The van der Waals surface area contributed by atoms with Crippen molar-refractivity contribution < 1.29 is 9.21 Å². The monoisotopic (exact) mass is 264 g/mol. The smallest absolute Gasteiger partial charge is 0.248 e. The van der Waals surface area contributed by atoms with E-state index in [9.17, 15) is 4.79 Å². The number of carbonyl (C=O) groups excluding carboxylic acids is 1. The summed E-state index contributed by atoms with van der Waals surface area (Å²) in [5.74, 6) is 0.412. The maximum Gasteiger partial charge on any atom is 0.248 e. The van der Waals surface area contributed by atoms with E-state index in [2.05, 4.69) is 10.3 Å². The van der Waals surface area contributed by atoms with Crippen LogP contribution in [0.3, 0.4) is 0 Å². The Morgan fingerprint density at radius 2 is 2.10 bits per heavy atom. The molecule has 98 valence electrons. The van der Waals surface area contributed by atoms with Gasteiger partial charge in [0.15, 0.2) is 0 Å². The first-order chi connectivity index (χ1) is 9.81. The lowest BCUT2D eigenvalue weighted by atomic mass is 10.2. The van der Waals surface area contributed by atoms with Crippen LogP contribution in [0.4, 0.5) is 5.69 Å². The van der Waals surface area contributed by atoms with Crippen molar-refractivity contribution in [1.82, 2.24) is 4.98 Å². The highest BCUT2D eigenvalue weighted by Gasteiger charge is 2.00. The molecule has 1 N–H and O–H groups in total. The number of fused-ring (bicyclic) bond motifs is 1. The van der Waals surface area contributed by atoms with Crippen molar-refractivity contribution in [3.05, 3.63) is 66.8 Å². The minimum absolute atomic E-state index is 0.224. The highest BCUT2D eigenvalue weighted by atomic mass is 16.3. The summed E-state index contributed by atoms with van der Waals surface area (Å²) in [6.45, 7) is 0. The molecule has 20 heavy (non-hydrogen) atoms. The molecule has 2 aromatic heterocycles. The minimum atomic E-state index is -0.224. The van der Waals surface area contributed by atoms with E-state index in [1.165, 1.54) is 6.08 Å². The molecule has 4 heteroatoms. The Hall–Kier alpha value is -2.88. The van der Waals surface area contributed by atoms with Gasteiger partial charge in [0.25, 0.3) is 0 Å². The maximum absolute atomic E-state index is 11.8. The van der Waals surface area contributed by atoms with Crippen LogP contribution in [0.1, 0.15) is 5.76 Å². The van der Waals surface area contributed by atoms with E-state index in [0.29, 0.717) is 11.4 Å². The first kappa shape index (κ1) is 12.2. The van der Waals surface area contributed by atoms with Gasteiger partial charge in [-0.2, -0.15) is 0 Å². The number of pyridine rings is 1. The zero-order chi connectivity index (χ0) is 13.8. The molecule has 0 aliphatic carbocycles. The molecular formula is C16H12N2O2. The normalized spacial score (nSPS) is 11.0. The predicted molar refractivity (Wildman–Crippen MR) is 78.1 cm³/mol. The highest BCUT2D eigenvalue weighted by molar-refractivity contribution is 6.02. The molecule has 0 saturated heterocycles. The third-order valence-electron chi connectivity index (χ3n) is 2.80. The number of benzene rings is 1. The maximum atomic E-state index is 11.8. The van der Waals surface area contributed by atoms with Gasteiger partial charge in [0.2, 0.25) is 5.91 Å². The predicted octanol–water partition coefficient (Wildman–Crippen LogP) is 3.48. The molecule has 4 nitrogen and oxygen atoms in total. The number of hydrogen-bond donors (Lipinski definition) is 1. The van der Waals surface area contributed by atoms with Crippen molar-refractivity contribution in [2.75, 3.05) is 5.32 Å². The molecule has 0 bridgehead atoms. The molecule has 1 aromatic carbocycles. The van der Waals surface area contributed by atoms with E-state index in [-0.39, 0.29) is 5.91 Å². The number of furan rings is 1. The van der Waals surface area contributed by atoms with Crippen molar-refractivity contribution in [3.8, 4) is 0 Å². The van der Waals surface area contributed by atoms with Crippen LogP contribution in [0.5, 0.6) is 0 Å². The molecule has 0 unspecified atom stereocenters. The lowest BCUT2D eigenvalue weighted by Gasteiger charge is -2.03. The van der Waals surface area contributed by atoms with Gasteiger partial charge in [-0.05, 0) is 30.3 Å². The summed E-state index contributed by atoms with van der Waals surface area (Å²) in [6, 6.07) is 13.2. The number of carbonyl (C=O) groups is 1. The van der Waals surface area contributed by atoms with E-state index in [1.807, 2.05) is 30.3 Å². The number of nitrogens with one attached hydrogen (secondary N) is 1. The summed E-state index contributed by atoms with van der Waals surface area (Å²) in [5, 5.41) is 3.75. The number of rotatable bonds is 3. The number of aromatic nitrogens is 1.